The fraction of sp³-hybridized carbons (Fsp3) is 0.500. The summed E-state index contributed by atoms with van der Waals surface area (Å²) in [5.41, 5.74) is 4.65. The minimum Gasteiger partial charge on any atom is -0.273 e. The normalized spacial score (nSPS) is 11.7. The van der Waals surface area contributed by atoms with Gasteiger partial charge in [-0.3, -0.25) is 4.79 Å². The Balaban J connectivity index is 2.62. The number of amides is 1. The second-order valence-electron chi connectivity index (χ2n) is 5.01. The van der Waals surface area contributed by atoms with E-state index in [4.69, 9.17) is 0 Å². The van der Waals surface area contributed by atoms with Crippen LogP contribution in [0.25, 0.3) is 0 Å². The third kappa shape index (κ3) is 5.69. The number of unbranched alkanes of at least 4 members (excludes halogenated alkanes) is 2. The highest BCUT2D eigenvalue weighted by Gasteiger charge is 2.09. The van der Waals surface area contributed by atoms with Crippen LogP contribution in [-0.2, 0) is 4.79 Å². The van der Waals surface area contributed by atoms with E-state index in [-0.39, 0.29) is 11.8 Å². The standard InChI is InChI=1S/C16H24N2O/c1-4-5-7-12-15(19)17-18-16(13(2)3)14-10-8-6-9-11-14/h6,8-11,13H,4-5,7,12H2,1-3H3,(H,17,19)/b18-16+. The zero-order valence-electron chi connectivity index (χ0n) is 12.1. The molecule has 0 atom stereocenters. The van der Waals surface area contributed by atoms with Gasteiger partial charge >= 0.3 is 0 Å². The molecule has 0 fully saturated rings. The Bertz CT molecular complexity index is 410. The maximum Gasteiger partial charge on any atom is 0.240 e. The number of hydrogen-bond donors (Lipinski definition) is 1. The monoisotopic (exact) mass is 260 g/mol. The molecule has 0 saturated carbocycles. The predicted molar refractivity (Wildman–Crippen MR) is 80.1 cm³/mol. The van der Waals surface area contributed by atoms with E-state index in [9.17, 15) is 4.79 Å². The molecule has 0 aliphatic carbocycles. The number of carbonyl (C=O) groups excluding carboxylic acids is 1. The molecule has 3 heteroatoms. The average molecular weight is 260 g/mol. The zero-order valence-corrected chi connectivity index (χ0v) is 12.1. The molecule has 19 heavy (non-hydrogen) atoms. The van der Waals surface area contributed by atoms with Crippen LogP contribution < -0.4 is 5.43 Å². The van der Waals surface area contributed by atoms with Crippen LogP contribution >= 0.6 is 0 Å². The first kappa shape index (κ1) is 15.4. The molecule has 0 aliphatic rings. The first-order valence-electron chi connectivity index (χ1n) is 7.07. The van der Waals surface area contributed by atoms with Crippen LogP contribution in [0.2, 0.25) is 0 Å². The highest BCUT2D eigenvalue weighted by Crippen LogP contribution is 2.09. The van der Waals surface area contributed by atoms with Crippen LogP contribution in [0.5, 0.6) is 0 Å². The van der Waals surface area contributed by atoms with Crippen molar-refractivity contribution >= 4 is 11.6 Å². The minimum atomic E-state index is 0.00234. The number of rotatable bonds is 7. The van der Waals surface area contributed by atoms with E-state index in [1.165, 1.54) is 0 Å². The fourth-order valence-electron chi connectivity index (χ4n) is 1.85. The van der Waals surface area contributed by atoms with Crippen molar-refractivity contribution < 1.29 is 4.79 Å². The Morgan fingerprint density at radius 3 is 2.47 bits per heavy atom. The third-order valence-corrected chi connectivity index (χ3v) is 2.92. The molecule has 0 spiro atoms. The first-order chi connectivity index (χ1) is 9.15. The lowest BCUT2D eigenvalue weighted by Gasteiger charge is -2.10. The van der Waals surface area contributed by atoms with Gasteiger partial charge in [-0.1, -0.05) is 63.9 Å². The molecule has 3 nitrogen and oxygen atoms in total. The van der Waals surface area contributed by atoms with Crippen LogP contribution in [0.15, 0.2) is 35.4 Å². The number of nitrogens with zero attached hydrogens (tertiary/aromatic N) is 1. The van der Waals surface area contributed by atoms with E-state index in [2.05, 4.69) is 31.3 Å². The molecule has 0 aliphatic heterocycles. The summed E-state index contributed by atoms with van der Waals surface area (Å²) >= 11 is 0. The molecule has 1 aromatic rings. The summed E-state index contributed by atoms with van der Waals surface area (Å²) in [5.74, 6) is 0.279. The summed E-state index contributed by atoms with van der Waals surface area (Å²) < 4.78 is 0. The minimum absolute atomic E-state index is 0.00234. The second kappa shape index (κ2) is 8.46. The Morgan fingerprint density at radius 1 is 1.21 bits per heavy atom. The van der Waals surface area contributed by atoms with Gasteiger partial charge in [-0.15, -0.1) is 0 Å². The molecule has 1 rings (SSSR count). The predicted octanol–water partition coefficient (Wildman–Crippen LogP) is 3.74. The Hall–Kier alpha value is -1.64. The van der Waals surface area contributed by atoms with Crippen LogP contribution in [-0.4, -0.2) is 11.6 Å². The van der Waals surface area contributed by atoms with Crippen LogP contribution in [0.4, 0.5) is 0 Å². The molecule has 0 aromatic heterocycles. The number of nitrogens with one attached hydrogen (secondary N) is 1. The number of benzene rings is 1. The smallest absolute Gasteiger partial charge is 0.240 e. The highest BCUT2D eigenvalue weighted by molar-refractivity contribution is 6.02. The molecule has 0 radical (unpaired) electrons. The molecule has 0 saturated heterocycles. The Morgan fingerprint density at radius 2 is 1.89 bits per heavy atom. The van der Waals surface area contributed by atoms with Crippen LogP contribution in [0, 0.1) is 5.92 Å². The summed E-state index contributed by atoms with van der Waals surface area (Å²) in [6.45, 7) is 6.28. The van der Waals surface area contributed by atoms with E-state index in [1.54, 1.807) is 0 Å². The summed E-state index contributed by atoms with van der Waals surface area (Å²) in [7, 11) is 0. The molecule has 0 bridgehead atoms. The van der Waals surface area contributed by atoms with Gasteiger partial charge in [0.1, 0.15) is 0 Å². The van der Waals surface area contributed by atoms with Crippen LogP contribution in [0.1, 0.15) is 52.0 Å². The lowest BCUT2D eigenvalue weighted by Crippen LogP contribution is -2.21. The molecular formula is C16H24N2O. The quantitative estimate of drug-likeness (QED) is 0.453. The van der Waals surface area contributed by atoms with Crippen molar-refractivity contribution in [1.82, 2.24) is 5.43 Å². The van der Waals surface area contributed by atoms with Gasteiger partial charge in [-0.25, -0.2) is 5.43 Å². The van der Waals surface area contributed by atoms with E-state index in [0.717, 1.165) is 30.5 Å². The summed E-state index contributed by atoms with van der Waals surface area (Å²) in [5, 5.41) is 4.29. The summed E-state index contributed by atoms with van der Waals surface area (Å²) in [6, 6.07) is 9.97. The van der Waals surface area contributed by atoms with Gasteiger partial charge in [0.05, 0.1) is 5.71 Å². The van der Waals surface area contributed by atoms with Crippen molar-refractivity contribution in [3.8, 4) is 0 Å². The number of hydrogen-bond acceptors (Lipinski definition) is 2. The van der Waals surface area contributed by atoms with Gasteiger partial charge in [-0.2, -0.15) is 5.10 Å². The van der Waals surface area contributed by atoms with Gasteiger partial charge in [-0.05, 0) is 17.9 Å². The molecule has 1 N–H and O–H groups in total. The largest absolute Gasteiger partial charge is 0.273 e. The molecule has 1 aromatic carbocycles. The maximum absolute atomic E-state index is 11.7. The Labute approximate surface area is 116 Å². The number of hydrazone groups is 1. The maximum atomic E-state index is 11.7. The topological polar surface area (TPSA) is 41.5 Å². The third-order valence-electron chi connectivity index (χ3n) is 2.92. The van der Waals surface area contributed by atoms with E-state index < -0.39 is 0 Å². The van der Waals surface area contributed by atoms with Gasteiger partial charge < -0.3 is 0 Å². The fourth-order valence-corrected chi connectivity index (χ4v) is 1.85. The van der Waals surface area contributed by atoms with Crippen molar-refractivity contribution in [1.29, 1.82) is 0 Å². The molecular weight excluding hydrogens is 236 g/mol. The van der Waals surface area contributed by atoms with Crippen molar-refractivity contribution in [3.05, 3.63) is 35.9 Å². The molecule has 0 unspecified atom stereocenters. The lowest BCUT2D eigenvalue weighted by molar-refractivity contribution is -0.121. The second-order valence-corrected chi connectivity index (χ2v) is 5.01. The molecule has 104 valence electrons. The average Bonchev–Trinajstić information content (AvgIpc) is 2.40. The SMILES string of the molecule is CCCCCC(=O)N/N=C(/c1ccccc1)C(C)C. The van der Waals surface area contributed by atoms with Crippen molar-refractivity contribution in [3.63, 3.8) is 0 Å². The van der Waals surface area contributed by atoms with Gasteiger partial charge in [0.25, 0.3) is 0 Å². The first-order valence-corrected chi connectivity index (χ1v) is 7.07. The van der Waals surface area contributed by atoms with E-state index >= 15 is 0 Å². The Kier molecular flexibility index (Phi) is 6.86. The molecule has 1 amide bonds. The lowest BCUT2D eigenvalue weighted by atomic mass is 10.0. The van der Waals surface area contributed by atoms with Gasteiger partial charge in [0, 0.05) is 6.42 Å². The molecule has 0 heterocycles. The van der Waals surface area contributed by atoms with Crippen molar-refractivity contribution in [2.45, 2.75) is 46.5 Å². The van der Waals surface area contributed by atoms with Crippen molar-refractivity contribution in [2.24, 2.45) is 11.0 Å². The summed E-state index contributed by atoms with van der Waals surface area (Å²) in [6.07, 6.45) is 3.70. The number of carbonyl (C=O) groups is 1. The van der Waals surface area contributed by atoms with Crippen LogP contribution in [0.3, 0.4) is 0 Å². The van der Waals surface area contributed by atoms with E-state index in [0.29, 0.717) is 6.42 Å². The van der Waals surface area contributed by atoms with E-state index in [1.807, 2.05) is 30.3 Å². The van der Waals surface area contributed by atoms with Crippen molar-refractivity contribution in [2.75, 3.05) is 0 Å². The van der Waals surface area contributed by atoms with Gasteiger partial charge in [0.2, 0.25) is 5.91 Å². The highest BCUT2D eigenvalue weighted by atomic mass is 16.2. The summed E-state index contributed by atoms with van der Waals surface area (Å²) in [4.78, 5) is 11.7. The zero-order chi connectivity index (χ0) is 14.1. The van der Waals surface area contributed by atoms with Gasteiger partial charge in [0.15, 0.2) is 0 Å².